The van der Waals surface area contributed by atoms with Crippen molar-refractivity contribution in [2.75, 3.05) is 0 Å². The number of halogens is 4. The zero-order valence-corrected chi connectivity index (χ0v) is 14.5. The second-order valence-electron chi connectivity index (χ2n) is 6.28. The van der Waals surface area contributed by atoms with Gasteiger partial charge in [0.2, 0.25) is 0 Å². The minimum atomic E-state index is -2.58. The predicted octanol–water partition coefficient (Wildman–Crippen LogP) is 6.72. The average molecular weight is 355 g/mol. The van der Waals surface area contributed by atoms with Gasteiger partial charge in [0.25, 0.3) is 6.43 Å². The van der Waals surface area contributed by atoms with Gasteiger partial charge in [-0.15, -0.1) is 11.6 Å². The van der Waals surface area contributed by atoms with E-state index in [4.69, 9.17) is 23.2 Å². The van der Waals surface area contributed by atoms with E-state index in [0.717, 1.165) is 17.5 Å². The number of hydrogen-bond acceptors (Lipinski definition) is 0. The van der Waals surface area contributed by atoms with E-state index in [0.29, 0.717) is 0 Å². The highest BCUT2D eigenvalue weighted by Gasteiger charge is 2.61. The molecule has 0 N–H and O–H groups in total. The summed E-state index contributed by atoms with van der Waals surface area (Å²) in [5, 5.41) is 0.101. The van der Waals surface area contributed by atoms with Crippen molar-refractivity contribution in [3.05, 3.63) is 69.7 Å². The van der Waals surface area contributed by atoms with E-state index >= 15 is 0 Å². The number of hydrogen-bond donors (Lipinski definition) is 0. The van der Waals surface area contributed by atoms with Crippen LogP contribution < -0.4 is 0 Å². The van der Waals surface area contributed by atoms with Gasteiger partial charge in [-0.05, 0) is 42.2 Å². The van der Waals surface area contributed by atoms with Crippen LogP contribution in [0.1, 0.15) is 54.4 Å². The van der Waals surface area contributed by atoms with E-state index in [-0.39, 0.29) is 22.4 Å². The Labute approximate surface area is 145 Å². The van der Waals surface area contributed by atoms with E-state index in [1.54, 1.807) is 12.1 Å². The van der Waals surface area contributed by atoms with Crippen LogP contribution in [0.4, 0.5) is 8.78 Å². The largest absolute Gasteiger partial charge is 0.265 e. The molecule has 1 fully saturated rings. The normalized spacial score (nSPS) is 26.6. The summed E-state index contributed by atoms with van der Waals surface area (Å²) in [5.41, 5.74) is 3.13. The molecule has 1 saturated carbocycles. The van der Waals surface area contributed by atoms with Crippen molar-refractivity contribution in [2.24, 2.45) is 0 Å². The molecule has 122 valence electrons. The van der Waals surface area contributed by atoms with E-state index in [9.17, 15) is 8.78 Å². The average Bonchev–Trinajstić information content (AvgIpc) is 3.10. The zero-order valence-electron chi connectivity index (χ0n) is 13.0. The summed E-state index contributed by atoms with van der Waals surface area (Å²) in [6, 6.07) is 13.2. The lowest BCUT2D eigenvalue weighted by molar-refractivity contribution is 0.151. The van der Waals surface area contributed by atoms with Gasteiger partial charge in [0.1, 0.15) is 0 Å². The molecule has 2 aromatic rings. The third-order valence-electron chi connectivity index (χ3n) is 4.80. The molecule has 23 heavy (non-hydrogen) atoms. The highest BCUT2D eigenvalue weighted by molar-refractivity contribution is 6.31. The molecule has 1 aliphatic rings. The van der Waals surface area contributed by atoms with Gasteiger partial charge in [0.05, 0.1) is 4.87 Å². The molecule has 0 amide bonds. The first kappa shape index (κ1) is 16.7. The molecule has 0 aliphatic heterocycles. The van der Waals surface area contributed by atoms with Gasteiger partial charge < -0.3 is 0 Å². The Hall–Kier alpha value is -1.12. The molecule has 0 aromatic heterocycles. The molecule has 1 aliphatic carbocycles. The fourth-order valence-electron chi connectivity index (χ4n) is 3.40. The molecule has 0 radical (unpaired) electrons. The highest BCUT2D eigenvalue weighted by atomic mass is 35.5. The third kappa shape index (κ3) is 2.99. The quantitative estimate of drug-likeness (QED) is 0.534. The molecule has 3 atom stereocenters. The van der Waals surface area contributed by atoms with Crippen molar-refractivity contribution in [3.8, 4) is 0 Å². The second kappa shape index (κ2) is 6.07. The van der Waals surface area contributed by atoms with Gasteiger partial charge in [0.15, 0.2) is 0 Å². The van der Waals surface area contributed by atoms with Crippen molar-refractivity contribution < 1.29 is 8.78 Å². The summed E-state index contributed by atoms with van der Waals surface area (Å²) in [4.78, 5) is -0.457. The van der Waals surface area contributed by atoms with Crippen molar-refractivity contribution in [3.63, 3.8) is 0 Å². The molecule has 2 aromatic carbocycles. The van der Waals surface area contributed by atoms with E-state index in [2.05, 4.69) is 31.2 Å². The van der Waals surface area contributed by atoms with Crippen LogP contribution in [0.2, 0.25) is 5.02 Å². The number of aryl methyl sites for hydroxylation is 1. The Kier molecular flexibility index (Phi) is 4.41. The molecule has 0 spiro atoms. The molecule has 0 saturated heterocycles. The summed E-state index contributed by atoms with van der Waals surface area (Å²) in [6.07, 6.45) is -1.59. The van der Waals surface area contributed by atoms with E-state index < -0.39 is 11.3 Å². The smallest absolute Gasteiger partial charge is 0.205 e. The van der Waals surface area contributed by atoms with Crippen LogP contribution in [0.3, 0.4) is 0 Å². The van der Waals surface area contributed by atoms with Gasteiger partial charge >= 0.3 is 0 Å². The lowest BCUT2D eigenvalue weighted by Crippen LogP contribution is -1.96. The lowest BCUT2D eigenvalue weighted by atomic mass is 10.0. The molecule has 3 rings (SSSR count). The van der Waals surface area contributed by atoms with Gasteiger partial charge in [-0.2, -0.15) is 0 Å². The summed E-state index contributed by atoms with van der Waals surface area (Å²) < 4.78 is 26.1. The Morgan fingerprint density at radius 1 is 1.04 bits per heavy atom. The van der Waals surface area contributed by atoms with Crippen LogP contribution in [-0.4, -0.2) is 4.87 Å². The maximum absolute atomic E-state index is 13.1. The van der Waals surface area contributed by atoms with Gasteiger partial charge in [-0.25, -0.2) is 8.78 Å². The highest BCUT2D eigenvalue weighted by Crippen LogP contribution is 2.67. The van der Waals surface area contributed by atoms with E-state index in [1.807, 2.05) is 6.92 Å². The van der Waals surface area contributed by atoms with Crippen molar-refractivity contribution in [1.29, 1.82) is 0 Å². The van der Waals surface area contributed by atoms with Crippen molar-refractivity contribution in [2.45, 2.75) is 43.4 Å². The Morgan fingerprint density at radius 2 is 1.61 bits per heavy atom. The molecule has 0 bridgehead atoms. The van der Waals surface area contributed by atoms with Crippen LogP contribution in [0.15, 0.2) is 42.5 Å². The zero-order chi connectivity index (χ0) is 16.8. The summed E-state index contributed by atoms with van der Waals surface area (Å²) in [6.45, 7) is 4.08. The van der Waals surface area contributed by atoms with Crippen LogP contribution in [0.25, 0.3) is 0 Å². The van der Waals surface area contributed by atoms with Crippen LogP contribution in [0, 0.1) is 0 Å². The monoisotopic (exact) mass is 354 g/mol. The fourth-order valence-corrected chi connectivity index (χ4v) is 4.04. The topological polar surface area (TPSA) is 0 Å². The molecular formula is C19H18Cl2F2. The van der Waals surface area contributed by atoms with Gasteiger partial charge in [-0.1, -0.05) is 48.9 Å². The first-order chi connectivity index (χ1) is 10.9. The summed E-state index contributed by atoms with van der Waals surface area (Å²) >= 11 is 12.5. The van der Waals surface area contributed by atoms with Crippen molar-refractivity contribution >= 4 is 23.2 Å². The lowest BCUT2D eigenvalue weighted by Gasteiger charge is -2.07. The van der Waals surface area contributed by atoms with Crippen LogP contribution in [0.5, 0.6) is 0 Å². The Morgan fingerprint density at radius 3 is 2.17 bits per heavy atom. The molecule has 3 unspecified atom stereocenters. The molecule has 0 nitrogen and oxygen atoms in total. The maximum Gasteiger partial charge on any atom is 0.265 e. The van der Waals surface area contributed by atoms with Gasteiger partial charge in [0, 0.05) is 22.4 Å². The SMILES string of the molecule is CCc1ccc(C2C(c3ccc(Cl)c(C(F)F)c3)C2(C)Cl)cc1. The Bertz CT molecular complexity index is 708. The number of benzene rings is 2. The number of rotatable bonds is 4. The third-order valence-corrected chi connectivity index (χ3v) is 5.62. The van der Waals surface area contributed by atoms with E-state index in [1.165, 1.54) is 11.6 Å². The molecule has 0 heterocycles. The fraction of sp³-hybridized carbons (Fsp3) is 0.368. The first-order valence-electron chi connectivity index (χ1n) is 7.71. The second-order valence-corrected chi connectivity index (χ2v) is 7.50. The summed E-state index contributed by atoms with van der Waals surface area (Å²) in [7, 11) is 0. The van der Waals surface area contributed by atoms with Crippen molar-refractivity contribution in [1.82, 2.24) is 0 Å². The maximum atomic E-state index is 13.1. The standard InChI is InChI=1S/C19H18Cl2F2/c1-3-11-4-6-12(7-5-11)16-17(19(16,2)21)13-8-9-15(20)14(10-13)18(22)23/h4-10,16-18H,3H2,1-2H3. The van der Waals surface area contributed by atoms with Crippen LogP contribution >= 0.6 is 23.2 Å². The number of alkyl halides is 3. The minimum absolute atomic E-state index is 0.0198. The predicted molar refractivity (Wildman–Crippen MR) is 92.0 cm³/mol. The van der Waals surface area contributed by atoms with Gasteiger partial charge in [-0.3, -0.25) is 0 Å². The summed E-state index contributed by atoms with van der Waals surface area (Å²) in [5.74, 6) is 0.146. The van der Waals surface area contributed by atoms with Crippen LogP contribution in [-0.2, 0) is 6.42 Å². The Balaban J connectivity index is 1.92. The molecule has 4 heteroatoms. The minimum Gasteiger partial charge on any atom is -0.205 e. The molecular weight excluding hydrogens is 337 g/mol. The first-order valence-corrected chi connectivity index (χ1v) is 8.47.